The molecule has 90 valence electrons. The highest BCUT2D eigenvalue weighted by molar-refractivity contribution is 9.09. The number of carbonyl (C=O) groups is 1. The Morgan fingerprint density at radius 1 is 1.33 bits per heavy atom. The van der Waals surface area contributed by atoms with Crippen LogP contribution in [0.1, 0.15) is 19.3 Å². The van der Waals surface area contributed by atoms with Gasteiger partial charge in [0.1, 0.15) is 9.84 Å². The topological polar surface area (TPSA) is 54.5 Å². The molecule has 15 heavy (non-hydrogen) atoms. The number of hydrogen-bond acceptors (Lipinski definition) is 3. The summed E-state index contributed by atoms with van der Waals surface area (Å²) in [7, 11) is -1.34. The van der Waals surface area contributed by atoms with E-state index in [0.717, 1.165) is 18.2 Å². The van der Waals surface area contributed by atoms with Crippen LogP contribution in [0, 0.1) is 0 Å². The van der Waals surface area contributed by atoms with E-state index in [-0.39, 0.29) is 18.2 Å². The minimum atomic E-state index is -2.98. The smallest absolute Gasteiger partial charge is 0.222 e. The average Bonchev–Trinajstić information content (AvgIpc) is 2.13. The van der Waals surface area contributed by atoms with Crippen LogP contribution in [0.3, 0.4) is 0 Å². The van der Waals surface area contributed by atoms with Crippen LogP contribution in [-0.4, -0.2) is 50.2 Å². The highest BCUT2D eigenvalue weighted by atomic mass is 79.9. The van der Waals surface area contributed by atoms with Gasteiger partial charge in [-0.05, 0) is 12.8 Å². The summed E-state index contributed by atoms with van der Waals surface area (Å²) in [5, 5.41) is 0.896. The Bertz CT molecular complexity index is 290. The summed E-state index contributed by atoms with van der Waals surface area (Å²) in [5.41, 5.74) is 0. The normalized spacial score (nSPS) is 11.4. The van der Waals surface area contributed by atoms with Gasteiger partial charge in [-0.1, -0.05) is 15.9 Å². The molecular weight excluding hydrogens is 282 g/mol. The van der Waals surface area contributed by atoms with E-state index in [2.05, 4.69) is 15.9 Å². The largest absolute Gasteiger partial charge is 0.345 e. The first kappa shape index (κ1) is 14.9. The predicted octanol–water partition coefficient (Wildman–Crippen LogP) is 1.05. The summed E-state index contributed by atoms with van der Waals surface area (Å²) < 4.78 is 21.7. The number of alkyl halides is 1. The Morgan fingerprint density at radius 2 is 1.93 bits per heavy atom. The molecule has 0 rings (SSSR count). The summed E-state index contributed by atoms with van der Waals surface area (Å²) in [6, 6.07) is 0. The lowest BCUT2D eigenvalue weighted by molar-refractivity contribution is -0.129. The summed E-state index contributed by atoms with van der Waals surface area (Å²) in [5.74, 6) is 0.0489. The van der Waals surface area contributed by atoms with Crippen LogP contribution in [0.25, 0.3) is 0 Å². The third kappa shape index (κ3) is 8.87. The first-order valence-corrected chi connectivity index (χ1v) is 8.02. The molecule has 0 spiro atoms. The zero-order chi connectivity index (χ0) is 11.9. The predicted molar refractivity (Wildman–Crippen MR) is 65.0 cm³/mol. The molecule has 4 nitrogen and oxygen atoms in total. The lowest BCUT2D eigenvalue weighted by Crippen LogP contribution is -2.31. The summed E-state index contributed by atoms with van der Waals surface area (Å²) in [4.78, 5) is 12.9. The van der Waals surface area contributed by atoms with Crippen molar-refractivity contribution in [1.82, 2.24) is 4.90 Å². The Labute approximate surface area is 100 Å². The van der Waals surface area contributed by atoms with Crippen LogP contribution >= 0.6 is 15.9 Å². The van der Waals surface area contributed by atoms with Gasteiger partial charge in [-0.3, -0.25) is 4.79 Å². The van der Waals surface area contributed by atoms with Gasteiger partial charge in [-0.15, -0.1) is 0 Å². The van der Waals surface area contributed by atoms with E-state index >= 15 is 0 Å². The van der Waals surface area contributed by atoms with Gasteiger partial charge in [-0.2, -0.15) is 0 Å². The fourth-order valence-electron chi connectivity index (χ4n) is 0.989. The van der Waals surface area contributed by atoms with E-state index in [4.69, 9.17) is 0 Å². The van der Waals surface area contributed by atoms with Gasteiger partial charge in [0, 0.05) is 31.6 Å². The van der Waals surface area contributed by atoms with E-state index in [1.807, 2.05) is 0 Å². The minimum Gasteiger partial charge on any atom is -0.345 e. The second-order valence-electron chi connectivity index (χ2n) is 3.59. The van der Waals surface area contributed by atoms with Crippen LogP contribution in [0.2, 0.25) is 0 Å². The summed E-state index contributed by atoms with van der Waals surface area (Å²) in [6.07, 6.45) is 3.47. The number of halogens is 1. The number of hydrogen-bond donors (Lipinski definition) is 0. The average molecular weight is 300 g/mol. The molecule has 0 aromatic heterocycles. The number of sulfone groups is 1. The fourth-order valence-corrected chi connectivity index (χ4v) is 1.99. The number of nitrogens with zero attached hydrogens (tertiary/aromatic N) is 1. The molecule has 0 saturated heterocycles. The molecule has 1 amide bonds. The molecule has 0 heterocycles. The zero-order valence-corrected chi connectivity index (χ0v) is 11.6. The lowest BCUT2D eigenvalue weighted by Gasteiger charge is -2.16. The first-order valence-electron chi connectivity index (χ1n) is 4.84. The van der Waals surface area contributed by atoms with Crippen molar-refractivity contribution in [2.45, 2.75) is 19.3 Å². The van der Waals surface area contributed by atoms with Crippen LogP contribution in [0.5, 0.6) is 0 Å². The Kier molecular flexibility index (Phi) is 7.17. The highest BCUT2D eigenvalue weighted by Gasteiger charge is 2.10. The Hall–Kier alpha value is -0.100. The van der Waals surface area contributed by atoms with Gasteiger partial charge in [-0.25, -0.2) is 8.42 Å². The SMILES string of the molecule is CN(CCS(C)(=O)=O)C(=O)CCCCBr. The van der Waals surface area contributed by atoms with Gasteiger partial charge in [0.25, 0.3) is 0 Å². The van der Waals surface area contributed by atoms with E-state index in [0.29, 0.717) is 6.42 Å². The lowest BCUT2D eigenvalue weighted by atomic mass is 10.2. The summed E-state index contributed by atoms with van der Waals surface area (Å²) >= 11 is 3.29. The molecule has 0 aliphatic heterocycles. The van der Waals surface area contributed by atoms with Crippen molar-refractivity contribution >= 4 is 31.7 Å². The van der Waals surface area contributed by atoms with E-state index in [9.17, 15) is 13.2 Å². The maximum Gasteiger partial charge on any atom is 0.222 e. The van der Waals surface area contributed by atoms with Crippen molar-refractivity contribution < 1.29 is 13.2 Å². The van der Waals surface area contributed by atoms with Crippen molar-refractivity contribution in [3.05, 3.63) is 0 Å². The molecular formula is C9H18BrNO3S. The molecule has 0 aliphatic carbocycles. The third-order valence-electron chi connectivity index (χ3n) is 2.00. The number of carbonyl (C=O) groups excluding carboxylic acids is 1. The molecule has 0 N–H and O–H groups in total. The van der Waals surface area contributed by atoms with Crippen molar-refractivity contribution in [3.63, 3.8) is 0 Å². The molecule has 0 unspecified atom stereocenters. The highest BCUT2D eigenvalue weighted by Crippen LogP contribution is 2.01. The van der Waals surface area contributed by atoms with Crippen LogP contribution < -0.4 is 0 Å². The molecule has 0 fully saturated rings. The second-order valence-corrected chi connectivity index (χ2v) is 6.64. The number of unbranched alkanes of at least 4 members (excludes halogenated alkanes) is 1. The van der Waals surface area contributed by atoms with Gasteiger partial charge in [0.15, 0.2) is 0 Å². The van der Waals surface area contributed by atoms with Crippen LogP contribution in [0.4, 0.5) is 0 Å². The van der Waals surface area contributed by atoms with Crippen molar-refractivity contribution in [2.75, 3.05) is 30.9 Å². The maximum atomic E-state index is 11.5. The van der Waals surface area contributed by atoms with Crippen LogP contribution in [-0.2, 0) is 14.6 Å². The maximum absolute atomic E-state index is 11.5. The minimum absolute atomic E-state index is 0.0135. The molecule has 0 aromatic rings. The van der Waals surface area contributed by atoms with E-state index < -0.39 is 9.84 Å². The van der Waals surface area contributed by atoms with Gasteiger partial charge in [0.05, 0.1) is 5.75 Å². The van der Waals surface area contributed by atoms with Crippen LogP contribution in [0.15, 0.2) is 0 Å². The van der Waals surface area contributed by atoms with Crippen molar-refractivity contribution in [3.8, 4) is 0 Å². The van der Waals surface area contributed by atoms with Crippen molar-refractivity contribution in [2.24, 2.45) is 0 Å². The van der Waals surface area contributed by atoms with E-state index in [1.54, 1.807) is 7.05 Å². The quantitative estimate of drug-likeness (QED) is 0.522. The summed E-state index contributed by atoms with van der Waals surface area (Å²) in [6.45, 7) is 0.284. The standard InChI is InChI=1S/C9H18BrNO3S/c1-11(7-8-15(2,13)14)9(12)5-3-4-6-10/h3-8H2,1-2H3. The monoisotopic (exact) mass is 299 g/mol. The molecule has 0 radical (unpaired) electrons. The second kappa shape index (κ2) is 7.22. The van der Waals surface area contributed by atoms with Gasteiger partial charge < -0.3 is 4.90 Å². The number of amides is 1. The molecule has 6 heteroatoms. The molecule has 0 atom stereocenters. The van der Waals surface area contributed by atoms with E-state index in [1.165, 1.54) is 11.2 Å². The first-order chi connectivity index (χ1) is 6.87. The number of rotatable bonds is 7. The van der Waals surface area contributed by atoms with Crippen molar-refractivity contribution in [1.29, 1.82) is 0 Å². The third-order valence-corrected chi connectivity index (χ3v) is 3.48. The molecule has 0 aromatic carbocycles. The Morgan fingerprint density at radius 3 is 2.40 bits per heavy atom. The fraction of sp³-hybridized carbons (Fsp3) is 0.889. The molecule has 0 aliphatic rings. The molecule has 0 saturated carbocycles. The Balaban J connectivity index is 3.79. The zero-order valence-electron chi connectivity index (χ0n) is 9.20. The van der Waals surface area contributed by atoms with Gasteiger partial charge in [0.2, 0.25) is 5.91 Å². The van der Waals surface area contributed by atoms with Gasteiger partial charge >= 0.3 is 0 Å². The molecule has 0 bridgehead atoms.